The average Bonchev–Trinajstić information content (AvgIpc) is 3.66. The Bertz CT molecular complexity index is 3100. The SMILES string of the molecule is [2H]c1c([2H])c([2H])c(-n2c3ccccc3c3c(-c4cccc(-c5ccc(N(c6ccc(-c7ccccc7)cc6)c6ccc(-c7ccccc7)cc6)cc5)c4)cccc32)c([2H])c1[2H]. The van der Waals surface area contributed by atoms with Crippen molar-refractivity contribution in [2.24, 2.45) is 0 Å². The second-order valence-electron chi connectivity index (χ2n) is 13.8. The van der Waals surface area contributed by atoms with E-state index in [-0.39, 0.29) is 29.9 Å². The van der Waals surface area contributed by atoms with Crippen molar-refractivity contribution in [1.82, 2.24) is 4.57 Å². The van der Waals surface area contributed by atoms with E-state index in [1.165, 1.54) is 11.1 Å². The van der Waals surface area contributed by atoms with E-state index in [4.69, 9.17) is 6.85 Å². The van der Waals surface area contributed by atoms with Gasteiger partial charge >= 0.3 is 0 Å². The Kier molecular flexibility index (Phi) is 7.24. The van der Waals surface area contributed by atoms with Crippen LogP contribution in [0.1, 0.15) is 6.85 Å². The number of anilines is 3. The topological polar surface area (TPSA) is 8.17 Å². The second kappa shape index (κ2) is 14.4. The normalized spacial score (nSPS) is 12.5. The van der Waals surface area contributed by atoms with Gasteiger partial charge in [-0.15, -0.1) is 0 Å². The van der Waals surface area contributed by atoms with Crippen LogP contribution in [0.25, 0.3) is 72.0 Å². The lowest BCUT2D eigenvalue weighted by atomic mass is 9.95. The van der Waals surface area contributed by atoms with Gasteiger partial charge in [-0.1, -0.05) is 164 Å². The third-order valence-corrected chi connectivity index (χ3v) is 10.5. The van der Waals surface area contributed by atoms with E-state index in [0.29, 0.717) is 0 Å². The van der Waals surface area contributed by atoms with Crippen LogP contribution in [-0.4, -0.2) is 4.57 Å². The zero-order chi connectivity index (χ0) is 41.6. The Morgan fingerprint density at radius 2 is 0.804 bits per heavy atom. The van der Waals surface area contributed by atoms with Gasteiger partial charge in [-0.2, -0.15) is 0 Å². The summed E-state index contributed by atoms with van der Waals surface area (Å²) in [5, 5.41) is 1.88. The van der Waals surface area contributed by atoms with Crippen molar-refractivity contribution in [3.63, 3.8) is 0 Å². The van der Waals surface area contributed by atoms with Crippen LogP contribution < -0.4 is 4.90 Å². The van der Waals surface area contributed by atoms with Crippen LogP contribution in [0.4, 0.5) is 17.1 Å². The van der Waals surface area contributed by atoms with Crippen molar-refractivity contribution < 1.29 is 6.85 Å². The van der Waals surface area contributed by atoms with E-state index in [2.05, 4.69) is 157 Å². The van der Waals surface area contributed by atoms with E-state index < -0.39 is 6.04 Å². The van der Waals surface area contributed by atoms with Crippen molar-refractivity contribution in [2.45, 2.75) is 0 Å². The molecule has 0 atom stereocenters. The van der Waals surface area contributed by atoms with Crippen molar-refractivity contribution >= 4 is 38.9 Å². The lowest BCUT2D eigenvalue weighted by Gasteiger charge is -2.26. The molecule has 9 aromatic carbocycles. The smallest absolute Gasteiger partial charge is 0.0645 e. The van der Waals surface area contributed by atoms with Crippen LogP contribution in [-0.2, 0) is 0 Å². The summed E-state index contributed by atoms with van der Waals surface area (Å²) in [4.78, 5) is 2.29. The van der Waals surface area contributed by atoms with E-state index in [9.17, 15) is 0 Å². The van der Waals surface area contributed by atoms with Gasteiger partial charge in [0.05, 0.1) is 17.9 Å². The molecule has 1 heterocycles. The average molecular weight is 720 g/mol. The molecule has 2 nitrogen and oxygen atoms in total. The molecule has 0 fully saturated rings. The van der Waals surface area contributed by atoms with Gasteiger partial charge in [0.2, 0.25) is 0 Å². The molecule has 0 N–H and O–H groups in total. The van der Waals surface area contributed by atoms with Gasteiger partial charge < -0.3 is 9.47 Å². The number of rotatable bonds is 8. The van der Waals surface area contributed by atoms with Gasteiger partial charge in [0.25, 0.3) is 0 Å². The molecule has 56 heavy (non-hydrogen) atoms. The van der Waals surface area contributed by atoms with Gasteiger partial charge in [0, 0.05) is 33.5 Å². The summed E-state index contributed by atoms with van der Waals surface area (Å²) in [5.74, 6) is 0. The Hall–Kier alpha value is -7.42. The molecule has 0 bridgehead atoms. The second-order valence-corrected chi connectivity index (χ2v) is 13.8. The third-order valence-electron chi connectivity index (χ3n) is 10.5. The molecular weight excluding hydrogens is 677 g/mol. The number of para-hydroxylation sites is 2. The maximum absolute atomic E-state index is 8.83. The number of hydrogen-bond donors (Lipinski definition) is 0. The van der Waals surface area contributed by atoms with E-state index >= 15 is 0 Å². The third kappa shape index (κ3) is 6.14. The van der Waals surface area contributed by atoms with Crippen molar-refractivity contribution in [3.05, 3.63) is 230 Å². The summed E-state index contributed by atoms with van der Waals surface area (Å²) in [6.07, 6.45) is 0. The molecule has 2 heteroatoms. The van der Waals surface area contributed by atoms with Gasteiger partial charge in [-0.25, -0.2) is 0 Å². The van der Waals surface area contributed by atoms with Crippen molar-refractivity contribution in [1.29, 1.82) is 0 Å². The molecule has 10 aromatic rings. The minimum Gasteiger partial charge on any atom is -0.311 e. The lowest BCUT2D eigenvalue weighted by molar-refractivity contribution is 1.18. The van der Waals surface area contributed by atoms with Crippen LogP contribution in [0.15, 0.2) is 230 Å². The first-order chi connectivity index (χ1) is 29.9. The summed E-state index contributed by atoms with van der Waals surface area (Å²) < 4.78 is 44.5. The molecule has 0 saturated heterocycles. The highest BCUT2D eigenvalue weighted by Crippen LogP contribution is 2.41. The number of benzene rings is 9. The highest BCUT2D eigenvalue weighted by Gasteiger charge is 2.17. The maximum Gasteiger partial charge on any atom is 0.0645 e. The van der Waals surface area contributed by atoms with Crippen LogP contribution in [0.3, 0.4) is 0 Å². The zero-order valence-electron chi connectivity index (χ0n) is 35.4. The first-order valence-electron chi connectivity index (χ1n) is 21.3. The molecular formula is C54H38N2. The first-order valence-corrected chi connectivity index (χ1v) is 18.8. The molecule has 0 amide bonds. The number of nitrogens with zero attached hydrogens (tertiary/aromatic N) is 2. The quantitative estimate of drug-likeness (QED) is 0.152. The molecule has 10 rings (SSSR count). The summed E-state index contributed by atoms with van der Waals surface area (Å²) in [6, 6.07) is 67.7. The standard InChI is InChI=1S/C54H38N2/c1-4-14-39(15-5-1)41-26-32-47(33-27-41)55(48-34-28-42(29-35-48)40-16-6-2-7-17-40)49-36-30-43(31-37-49)44-18-12-19-45(38-44)50-23-13-25-53-54(50)51-22-10-11-24-52(51)56(53)46-20-8-3-9-21-46/h1-38H/i3D,8D,9D,20D,21D. The monoisotopic (exact) mass is 719 g/mol. The maximum atomic E-state index is 8.83. The van der Waals surface area contributed by atoms with Gasteiger partial charge in [-0.05, 0) is 111 Å². The molecule has 0 aliphatic rings. The van der Waals surface area contributed by atoms with Crippen molar-refractivity contribution in [3.8, 4) is 50.2 Å². The van der Waals surface area contributed by atoms with E-state index in [0.717, 1.165) is 72.2 Å². The van der Waals surface area contributed by atoms with Gasteiger partial charge in [0.1, 0.15) is 0 Å². The fourth-order valence-electron chi connectivity index (χ4n) is 7.84. The van der Waals surface area contributed by atoms with Crippen LogP contribution in [0.2, 0.25) is 0 Å². The summed E-state index contributed by atoms with van der Waals surface area (Å²) in [5.41, 5.74) is 13.6. The van der Waals surface area contributed by atoms with Gasteiger partial charge in [0.15, 0.2) is 0 Å². The van der Waals surface area contributed by atoms with Crippen LogP contribution >= 0.6 is 0 Å². The highest BCUT2D eigenvalue weighted by atomic mass is 15.1. The van der Waals surface area contributed by atoms with Crippen molar-refractivity contribution in [2.75, 3.05) is 4.90 Å². The summed E-state index contributed by atoms with van der Waals surface area (Å²) in [7, 11) is 0. The van der Waals surface area contributed by atoms with Crippen LogP contribution in [0.5, 0.6) is 0 Å². The molecule has 0 aliphatic carbocycles. The van der Waals surface area contributed by atoms with Gasteiger partial charge in [-0.3, -0.25) is 0 Å². The molecule has 1 aromatic heterocycles. The predicted molar refractivity (Wildman–Crippen MR) is 237 cm³/mol. The minimum absolute atomic E-state index is 0.136. The number of hydrogen-bond acceptors (Lipinski definition) is 1. The fourth-order valence-corrected chi connectivity index (χ4v) is 7.84. The highest BCUT2D eigenvalue weighted by molar-refractivity contribution is 6.15. The lowest BCUT2D eigenvalue weighted by Crippen LogP contribution is -2.09. The molecule has 0 aliphatic heterocycles. The summed E-state index contributed by atoms with van der Waals surface area (Å²) in [6.45, 7) is 0. The molecule has 264 valence electrons. The predicted octanol–water partition coefficient (Wildman–Crippen LogP) is 14.9. The molecule has 0 saturated carbocycles. The fraction of sp³-hybridized carbons (Fsp3) is 0. The Morgan fingerprint density at radius 1 is 0.357 bits per heavy atom. The van der Waals surface area contributed by atoms with E-state index in [1.807, 2.05) is 53.1 Å². The molecule has 0 unspecified atom stereocenters. The largest absolute Gasteiger partial charge is 0.311 e. The Balaban J connectivity index is 1.04. The first kappa shape index (κ1) is 28.1. The Morgan fingerprint density at radius 3 is 1.39 bits per heavy atom. The Labute approximate surface area is 334 Å². The zero-order valence-corrected chi connectivity index (χ0v) is 30.4. The van der Waals surface area contributed by atoms with Crippen LogP contribution in [0, 0.1) is 0 Å². The molecule has 0 spiro atoms. The molecule has 0 radical (unpaired) electrons. The van der Waals surface area contributed by atoms with E-state index in [1.54, 1.807) is 0 Å². The summed E-state index contributed by atoms with van der Waals surface area (Å²) >= 11 is 0. The number of fused-ring (bicyclic) bond motifs is 3. The minimum atomic E-state index is -0.409. The number of aromatic nitrogens is 1.